The smallest absolute Gasteiger partial charge is 0.317 e. The minimum atomic E-state index is -0.543. The van der Waals surface area contributed by atoms with Crippen molar-refractivity contribution in [1.29, 1.82) is 0 Å². The first kappa shape index (κ1) is 14.7. The van der Waals surface area contributed by atoms with Crippen LogP contribution >= 0.6 is 0 Å². The zero-order valence-corrected chi connectivity index (χ0v) is 13.9. The third-order valence-corrected chi connectivity index (χ3v) is 6.14. The van der Waals surface area contributed by atoms with Gasteiger partial charge < -0.3 is 19.7 Å². The van der Waals surface area contributed by atoms with Gasteiger partial charge in [-0.2, -0.15) is 0 Å². The van der Waals surface area contributed by atoms with E-state index in [9.17, 15) is 4.79 Å². The van der Waals surface area contributed by atoms with E-state index in [-0.39, 0.29) is 6.03 Å². The van der Waals surface area contributed by atoms with Gasteiger partial charge in [0.05, 0.1) is 19.8 Å². The van der Waals surface area contributed by atoms with Crippen molar-refractivity contribution in [3.05, 3.63) is 35.4 Å². The zero-order chi connectivity index (χ0) is 16.1. The van der Waals surface area contributed by atoms with Gasteiger partial charge in [-0.15, -0.1) is 0 Å². The molecule has 24 heavy (non-hydrogen) atoms. The molecule has 5 rings (SSSR count). The summed E-state index contributed by atoms with van der Waals surface area (Å²) in [5, 5.41) is 3.29. The molecule has 1 saturated carbocycles. The van der Waals surface area contributed by atoms with E-state index >= 15 is 0 Å². The monoisotopic (exact) mass is 328 g/mol. The van der Waals surface area contributed by atoms with Crippen LogP contribution in [0, 0.1) is 5.92 Å². The zero-order valence-electron chi connectivity index (χ0n) is 13.9. The third-order valence-electron chi connectivity index (χ3n) is 6.14. The standard InChI is InChI=1S/C19H24N2O3/c22-18(21-9-3-8-19(12-21)23-10-11-24-19)20-17-15-7-6-13-4-1-2-5-14(13)16(15)17/h1-2,4-5,15-17H,3,6-12H2,(H,20,22)/t15-,16-,17-/m1/s1. The van der Waals surface area contributed by atoms with Crippen LogP contribution in [0.5, 0.6) is 0 Å². The van der Waals surface area contributed by atoms with Gasteiger partial charge in [0.25, 0.3) is 0 Å². The third kappa shape index (κ3) is 2.33. The van der Waals surface area contributed by atoms with Crippen molar-refractivity contribution in [2.45, 2.75) is 43.4 Å². The van der Waals surface area contributed by atoms with Gasteiger partial charge >= 0.3 is 6.03 Å². The molecule has 0 bridgehead atoms. The highest BCUT2D eigenvalue weighted by molar-refractivity contribution is 5.75. The first-order valence-corrected chi connectivity index (χ1v) is 9.17. The van der Waals surface area contributed by atoms with E-state index in [2.05, 4.69) is 29.6 Å². The molecule has 1 aromatic carbocycles. The highest BCUT2D eigenvalue weighted by Gasteiger charge is 2.54. The molecule has 2 heterocycles. The van der Waals surface area contributed by atoms with Crippen molar-refractivity contribution < 1.29 is 14.3 Å². The highest BCUT2D eigenvalue weighted by atomic mass is 16.7. The number of nitrogens with one attached hydrogen (secondary N) is 1. The van der Waals surface area contributed by atoms with Crippen LogP contribution in [0.3, 0.4) is 0 Å². The number of fused-ring (bicyclic) bond motifs is 3. The number of aryl methyl sites for hydroxylation is 1. The number of likely N-dealkylation sites (tertiary alicyclic amines) is 1. The molecule has 1 aromatic rings. The minimum Gasteiger partial charge on any atom is -0.346 e. The Labute approximate surface area is 142 Å². The number of ether oxygens (including phenoxy) is 2. The molecule has 3 atom stereocenters. The van der Waals surface area contributed by atoms with Crippen molar-refractivity contribution in [1.82, 2.24) is 10.2 Å². The molecule has 4 aliphatic rings. The topological polar surface area (TPSA) is 50.8 Å². The summed E-state index contributed by atoms with van der Waals surface area (Å²) in [6.07, 6.45) is 4.15. The van der Waals surface area contributed by atoms with E-state index < -0.39 is 5.79 Å². The predicted molar refractivity (Wildman–Crippen MR) is 88.8 cm³/mol. The fourth-order valence-corrected chi connectivity index (χ4v) is 4.89. The number of carbonyl (C=O) groups excluding carboxylic acids is 1. The molecule has 0 unspecified atom stereocenters. The number of carbonyl (C=O) groups is 1. The summed E-state index contributed by atoms with van der Waals surface area (Å²) in [4.78, 5) is 14.6. The van der Waals surface area contributed by atoms with Gasteiger partial charge in [0.1, 0.15) is 0 Å². The van der Waals surface area contributed by atoms with Gasteiger partial charge in [0, 0.05) is 24.9 Å². The van der Waals surface area contributed by atoms with E-state index in [1.54, 1.807) is 0 Å². The van der Waals surface area contributed by atoms with E-state index in [1.807, 2.05) is 4.90 Å². The molecule has 3 fully saturated rings. The van der Waals surface area contributed by atoms with Crippen molar-refractivity contribution in [3.63, 3.8) is 0 Å². The van der Waals surface area contributed by atoms with Crippen molar-refractivity contribution in [2.75, 3.05) is 26.3 Å². The summed E-state index contributed by atoms with van der Waals surface area (Å²) in [6, 6.07) is 9.03. The largest absolute Gasteiger partial charge is 0.346 e. The molecule has 5 heteroatoms. The summed E-state index contributed by atoms with van der Waals surface area (Å²) < 4.78 is 11.6. The fourth-order valence-electron chi connectivity index (χ4n) is 4.89. The number of hydrogen-bond acceptors (Lipinski definition) is 3. The maximum Gasteiger partial charge on any atom is 0.317 e. The van der Waals surface area contributed by atoms with Crippen LogP contribution in [0.1, 0.15) is 36.3 Å². The molecule has 1 N–H and O–H groups in total. The number of amides is 2. The Morgan fingerprint density at radius 2 is 2.08 bits per heavy atom. The van der Waals surface area contributed by atoms with Gasteiger partial charge in [-0.25, -0.2) is 4.79 Å². The molecular weight excluding hydrogens is 304 g/mol. The van der Waals surface area contributed by atoms with Crippen LogP contribution in [0.25, 0.3) is 0 Å². The molecule has 1 spiro atoms. The molecule has 2 aliphatic heterocycles. The number of urea groups is 1. The number of piperidine rings is 1. The maximum atomic E-state index is 12.7. The van der Waals surface area contributed by atoms with Gasteiger partial charge in [-0.1, -0.05) is 24.3 Å². The second-order valence-electron chi connectivity index (χ2n) is 7.54. The Morgan fingerprint density at radius 1 is 1.25 bits per heavy atom. The lowest BCUT2D eigenvalue weighted by molar-refractivity contribution is -0.182. The lowest BCUT2D eigenvalue weighted by atomic mass is 9.92. The Morgan fingerprint density at radius 3 is 2.96 bits per heavy atom. The van der Waals surface area contributed by atoms with Gasteiger partial charge in [0.2, 0.25) is 0 Å². The second kappa shape index (κ2) is 5.46. The summed E-state index contributed by atoms with van der Waals surface area (Å²) in [5.41, 5.74) is 2.90. The molecule has 2 amide bonds. The lowest BCUT2D eigenvalue weighted by Crippen LogP contribution is -2.54. The number of nitrogens with zero attached hydrogens (tertiary/aromatic N) is 1. The molecule has 128 valence electrons. The normalized spacial score (nSPS) is 33.0. The Hall–Kier alpha value is -1.59. The van der Waals surface area contributed by atoms with Crippen LogP contribution in [-0.2, 0) is 15.9 Å². The minimum absolute atomic E-state index is 0.0463. The van der Waals surface area contributed by atoms with Gasteiger partial charge in [-0.05, 0) is 36.3 Å². The second-order valence-corrected chi connectivity index (χ2v) is 7.54. The average Bonchev–Trinajstić information content (AvgIpc) is 3.14. The SMILES string of the molecule is O=C(N[C@@H]1[C@@H]2CCc3ccccc3[C@H]21)N1CCCC2(C1)OCCO2. The summed E-state index contributed by atoms with van der Waals surface area (Å²) in [7, 11) is 0. The van der Waals surface area contributed by atoms with E-state index in [0.717, 1.165) is 25.8 Å². The quantitative estimate of drug-likeness (QED) is 0.860. The molecule has 2 saturated heterocycles. The number of hydrogen-bond donors (Lipinski definition) is 1. The Kier molecular flexibility index (Phi) is 3.35. The maximum absolute atomic E-state index is 12.7. The summed E-state index contributed by atoms with van der Waals surface area (Å²) >= 11 is 0. The molecule has 0 radical (unpaired) electrons. The predicted octanol–water partition coefficient (Wildman–Crippen LogP) is 2.26. The van der Waals surface area contributed by atoms with Crippen molar-refractivity contribution in [2.24, 2.45) is 5.92 Å². The Balaban J connectivity index is 1.25. The van der Waals surface area contributed by atoms with Crippen LogP contribution in [0.2, 0.25) is 0 Å². The van der Waals surface area contributed by atoms with Crippen LogP contribution in [0.4, 0.5) is 4.79 Å². The molecular formula is C19H24N2O3. The number of benzene rings is 1. The Bertz CT molecular complexity index is 656. The van der Waals surface area contributed by atoms with Gasteiger partial charge in [0.15, 0.2) is 5.79 Å². The summed E-state index contributed by atoms with van der Waals surface area (Å²) in [5.74, 6) is 0.580. The van der Waals surface area contributed by atoms with Crippen LogP contribution < -0.4 is 5.32 Å². The number of rotatable bonds is 1. The van der Waals surface area contributed by atoms with E-state index in [0.29, 0.717) is 37.6 Å². The van der Waals surface area contributed by atoms with Gasteiger partial charge in [-0.3, -0.25) is 0 Å². The summed E-state index contributed by atoms with van der Waals surface area (Å²) in [6.45, 7) is 2.62. The fraction of sp³-hybridized carbons (Fsp3) is 0.632. The molecule has 0 aromatic heterocycles. The van der Waals surface area contributed by atoms with Crippen LogP contribution in [-0.4, -0.2) is 49.1 Å². The van der Waals surface area contributed by atoms with Crippen molar-refractivity contribution in [3.8, 4) is 0 Å². The lowest BCUT2D eigenvalue weighted by Gasteiger charge is -2.38. The highest BCUT2D eigenvalue weighted by Crippen LogP contribution is 2.54. The first-order chi connectivity index (χ1) is 11.8. The molecule has 5 nitrogen and oxygen atoms in total. The van der Waals surface area contributed by atoms with Crippen molar-refractivity contribution >= 4 is 6.03 Å². The average molecular weight is 328 g/mol. The first-order valence-electron chi connectivity index (χ1n) is 9.17. The van der Waals surface area contributed by atoms with E-state index in [4.69, 9.17) is 9.47 Å². The molecule has 2 aliphatic carbocycles. The van der Waals surface area contributed by atoms with Crippen LogP contribution in [0.15, 0.2) is 24.3 Å². The van der Waals surface area contributed by atoms with E-state index in [1.165, 1.54) is 17.5 Å².